The minimum Gasteiger partial charge on any atom is -0.480 e. The van der Waals surface area contributed by atoms with E-state index in [1.54, 1.807) is 0 Å². The van der Waals surface area contributed by atoms with Crippen LogP contribution in [0.4, 0.5) is 0 Å². The van der Waals surface area contributed by atoms with Gasteiger partial charge < -0.3 is 70.6 Å². The average molecular weight is 855 g/mol. The van der Waals surface area contributed by atoms with Gasteiger partial charge in [0, 0.05) is 32.2 Å². The molecule has 1 saturated heterocycles. The first-order valence-electron chi connectivity index (χ1n) is 19.2. The van der Waals surface area contributed by atoms with Crippen molar-refractivity contribution in [2.75, 3.05) is 19.6 Å². The monoisotopic (exact) mass is 854 g/mol. The summed E-state index contributed by atoms with van der Waals surface area (Å²) < 4.78 is 0. The number of nitrogens with two attached hydrogens (primary N) is 5. The van der Waals surface area contributed by atoms with Crippen molar-refractivity contribution in [3.05, 3.63) is 0 Å². The highest BCUT2D eigenvalue weighted by Crippen LogP contribution is 2.20. The molecule has 11 amide bonds. The van der Waals surface area contributed by atoms with E-state index in [1.807, 2.05) is 13.8 Å². The van der Waals surface area contributed by atoms with E-state index >= 15 is 0 Å². The van der Waals surface area contributed by atoms with E-state index in [0.717, 1.165) is 0 Å². The molecule has 6 atom stereocenters. The summed E-state index contributed by atoms with van der Waals surface area (Å²) >= 11 is 0. The summed E-state index contributed by atoms with van der Waals surface area (Å²) in [6.45, 7) is 2.30. The number of primary amides is 4. The van der Waals surface area contributed by atoms with Crippen LogP contribution in [0.1, 0.15) is 84.5 Å². The van der Waals surface area contributed by atoms with Crippen LogP contribution in [0.25, 0.3) is 0 Å². The first-order valence-corrected chi connectivity index (χ1v) is 19.2. The second kappa shape index (κ2) is 25.9. The summed E-state index contributed by atoms with van der Waals surface area (Å²) in [5.74, 6) is -10.7. The zero-order valence-electron chi connectivity index (χ0n) is 33.6. The molecule has 0 saturated carbocycles. The summed E-state index contributed by atoms with van der Waals surface area (Å²) in [6.07, 6.45) is -1.82. The van der Waals surface area contributed by atoms with E-state index in [4.69, 9.17) is 28.7 Å². The van der Waals surface area contributed by atoms with Crippen molar-refractivity contribution in [2.45, 2.75) is 121 Å². The number of carboxylic acids is 1. The van der Waals surface area contributed by atoms with Gasteiger partial charge >= 0.3 is 5.97 Å². The third-order valence-corrected chi connectivity index (χ3v) is 9.00. The molecule has 336 valence electrons. The minimum atomic E-state index is -1.58. The Bertz CT molecular complexity index is 1620. The largest absolute Gasteiger partial charge is 0.480 e. The number of nitrogens with zero attached hydrogens (tertiary/aromatic N) is 1. The van der Waals surface area contributed by atoms with Gasteiger partial charge in [-0.3, -0.25) is 52.7 Å². The Balaban J connectivity index is 2.96. The molecule has 25 nitrogen and oxygen atoms in total. The molecule has 60 heavy (non-hydrogen) atoms. The van der Waals surface area contributed by atoms with Crippen LogP contribution < -0.4 is 60.6 Å². The van der Waals surface area contributed by atoms with E-state index in [1.165, 1.54) is 4.90 Å². The fourth-order valence-corrected chi connectivity index (χ4v) is 5.93. The van der Waals surface area contributed by atoms with Crippen molar-refractivity contribution >= 4 is 70.9 Å². The van der Waals surface area contributed by atoms with Crippen molar-refractivity contribution in [1.82, 2.24) is 36.8 Å². The molecule has 0 spiro atoms. The molecular formula is C35H58N12O13. The number of carboxylic acid groups (broad SMARTS) is 1. The van der Waals surface area contributed by atoms with E-state index in [0.29, 0.717) is 12.8 Å². The van der Waals surface area contributed by atoms with Gasteiger partial charge in [-0.15, -0.1) is 0 Å². The number of amides is 11. The highest BCUT2D eigenvalue weighted by molar-refractivity contribution is 5.96. The summed E-state index contributed by atoms with van der Waals surface area (Å²) in [7, 11) is 0. The molecule has 0 bridgehead atoms. The summed E-state index contributed by atoms with van der Waals surface area (Å²) in [4.78, 5) is 150. The van der Waals surface area contributed by atoms with Gasteiger partial charge in [0.1, 0.15) is 30.2 Å². The second-order valence-corrected chi connectivity index (χ2v) is 14.6. The Kier molecular flexibility index (Phi) is 22.2. The summed E-state index contributed by atoms with van der Waals surface area (Å²) in [6, 6.07) is -7.83. The van der Waals surface area contributed by atoms with Crippen molar-refractivity contribution in [3.8, 4) is 0 Å². The highest BCUT2D eigenvalue weighted by Gasteiger charge is 2.38. The second-order valence-electron chi connectivity index (χ2n) is 14.6. The van der Waals surface area contributed by atoms with Crippen LogP contribution in [0.2, 0.25) is 0 Å². The third-order valence-electron chi connectivity index (χ3n) is 9.00. The molecule has 0 unspecified atom stereocenters. The van der Waals surface area contributed by atoms with E-state index in [-0.39, 0.29) is 57.4 Å². The number of likely N-dealkylation sites (tertiary alicyclic amines) is 1. The smallest absolute Gasteiger partial charge is 0.326 e. The Hall–Kier alpha value is -6.40. The van der Waals surface area contributed by atoms with Gasteiger partial charge in [0.2, 0.25) is 65.0 Å². The van der Waals surface area contributed by atoms with Gasteiger partial charge in [0.05, 0.1) is 19.1 Å². The SMILES string of the molecule is CC(C)C[C@H](N)C(=O)N[C@@H](CCC(N)=O)C(=O)N1CCC[C@H]1C(=O)NCC(=O)N[C@@H](CCC(N)=O)C(=O)NCC(=O)N[C@@H](CCC(N)=O)C(=O)N[C@@H](CCC(N)=O)C(=O)O. The number of carbonyl (C=O) groups excluding carboxylic acids is 11. The molecule has 0 aromatic rings. The molecule has 25 heteroatoms. The first-order chi connectivity index (χ1) is 28.0. The van der Waals surface area contributed by atoms with Crippen molar-refractivity contribution < 1.29 is 62.6 Å². The fraction of sp³-hybridized carbons (Fsp3) is 0.657. The Morgan fingerprint density at radius 2 is 1.03 bits per heavy atom. The molecule has 17 N–H and O–H groups in total. The minimum absolute atomic E-state index is 0.0707. The van der Waals surface area contributed by atoms with Crippen LogP contribution in [0.5, 0.6) is 0 Å². The molecule has 0 aromatic carbocycles. The topological polar surface area (TPSA) is 431 Å². The zero-order valence-corrected chi connectivity index (χ0v) is 33.6. The van der Waals surface area contributed by atoms with Gasteiger partial charge in [0.15, 0.2) is 0 Å². The number of rotatable bonds is 28. The van der Waals surface area contributed by atoms with E-state index in [9.17, 15) is 62.6 Å². The van der Waals surface area contributed by atoms with Crippen molar-refractivity contribution in [1.29, 1.82) is 0 Å². The molecule has 1 heterocycles. The molecule has 1 rings (SSSR count). The van der Waals surface area contributed by atoms with Gasteiger partial charge in [-0.05, 0) is 50.9 Å². The van der Waals surface area contributed by atoms with Gasteiger partial charge in [-0.25, -0.2) is 4.79 Å². The maximum atomic E-state index is 13.6. The molecule has 0 aromatic heterocycles. The third kappa shape index (κ3) is 19.8. The van der Waals surface area contributed by atoms with Crippen LogP contribution in [-0.2, 0) is 57.5 Å². The van der Waals surface area contributed by atoms with E-state index in [2.05, 4.69) is 31.9 Å². The first kappa shape index (κ1) is 51.6. The van der Waals surface area contributed by atoms with Crippen LogP contribution in [0.3, 0.4) is 0 Å². The maximum Gasteiger partial charge on any atom is 0.326 e. The quantitative estimate of drug-likeness (QED) is 0.0349. The van der Waals surface area contributed by atoms with Gasteiger partial charge in [-0.2, -0.15) is 0 Å². The normalized spacial score (nSPS) is 15.9. The Morgan fingerprint density at radius 3 is 1.50 bits per heavy atom. The highest BCUT2D eigenvalue weighted by atomic mass is 16.4. The lowest BCUT2D eigenvalue weighted by molar-refractivity contribution is -0.142. The lowest BCUT2D eigenvalue weighted by Gasteiger charge is -2.29. The number of aliphatic carboxylic acids is 1. The lowest BCUT2D eigenvalue weighted by Crippen LogP contribution is -2.56. The Morgan fingerprint density at radius 1 is 0.600 bits per heavy atom. The van der Waals surface area contributed by atoms with Crippen LogP contribution in [0, 0.1) is 5.92 Å². The molecule has 0 radical (unpaired) electrons. The number of hydrogen-bond donors (Lipinski definition) is 12. The van der Waals surface area contributed by atoms with Gasteiger partial charge in [0.25, 0.3) is 0 Å². The standard InChI is InChI=1S/C35H58N12O13/c1-17(2)14-18(36)30(54)45-21(7-11-26(39)50)34(58)47-13-3-4-23(47)33(57)42-16-29(53)43-19(5-9-24(37)48)31(55)41-15-28(52)44-20(6-10-25(38)49)32(56)46-22(35(59)60)8-12-27(40)51/h17-23H,3-16,36H2,1-2H3,(H2,37,48)(H2,38,49)(H2,39,50)(H2,40,51)(H,41,55)(H,42,57)(H,43,53)(H,44,52)(H,45,54)(H,46,56)(H,59,60)/t18-,19-,20-,21-,22-,23-/m0/s1. The molecular weight excluding hydrogens is 796 g/mol. The molecule has 1 aliphatic heterocycles. The number of carbonyl (C=O) groups is 12. The predicted molar refractivity (Wildman–Crippen MR) is 207 cm³/mol. The maximum absolute atomic E-state index is 13.6. The van der Waals surface area contributed by atoms with E-state index < -0.39 is 133 Å². The van der Waals surface area contributed by atoms with Gasteiger partial charge in [-0.1, -0.05) is 13.8 Å². The van der Waals surface area contributed by atoms with Crippen LogP contribution in [-0.4, -0.2) is 137 Å². The molecule has 1 fully saturated rings. The van der Waals surface area contributed by atoms with Crippen LogP contribution >= 0.6 is 0 Å². The lowest BCUT2D eigenvalue weighted by atomic mass is 10.0. The van der Waals surface area contributed by atoms with Crippen molar-refractivity contribution in [3.63, 3.8) is 0 Å². The molecule has 1 aliphatic rings. The Labute approximate surface area is 345 Å². The summed E-state index contributed by atoms with van der Waals surface area (Å²) in [5.41, 5.74) is 26.7. The fourth-order valence-electron chi connectivity index (χ4n) is 5.93. The molecule has 0 aliphatic carbocycles. The van der Waals surface area contributed by atoms with Crippen LogP contribution in [0.15, 0.2) is 0 Å². The number of nitrogens with one attached hydrogen (secondary N) is 6. The number of hydrogen-bond acceptors (Lipinski definition) is 13. The summed E-state index contributed by atoms with van der Waals surface area (Å²) in [5, 5.41) is 23.2. The average Bonchev–Trinajstić information content (AvgIpc) is 3.65. The van der Waals surface area contributed by atoms with Crippen molar-refractivity contribution in [2.24, 2.45) is 34.6 Å². The predicted octanol–water partition coefficient (Wildman–Crippen LogP) is -6.33. The zero-order chi connectivity index (χ0) is 45.7.